The van der Waals surface area contributed by atoms with Crippen LogP contribution < -0.4 is 14.4 Å². The van der Waals surface area contributed by atoms with Crippen molar-refractivity contribution in [3.63, 3.8) is 0 Å². The Bertz CT molecular complexity index is 904. The van der Waals surface area contributed by atoms with E-state index < -0.39 is 16.1 Å². The minimum absolute atomic E-state index is 0.279. The smallest absolute Gasteiger partial charge is 0.243 e. The van der Waals surface area contributed by atoms with Crippen LogP contribution >= 0.6 is 0 Å². The maximum absolute atomic E-state index is 12.5. The summed E-state index contributed by atoms with van der Waals surface area (Å²) < 4.78 is 31.3. The molecular weight excluding hydrogens is 376 g/mol. The number of benzene rings is 2. The number of carbonyl (C=O) groups is 1. The summed E-state index contributed by atoms with van der Waals surface area (Å²) in [7, 11) is -3.62. The summed E-state index contributed by atoms with van der Waals surface area (Å²) in [5.74, 6) is 0.368. The molecule has 7 heteroatoms. The maximum Gasteiger partial charge on any atom is 0.243 e. The van der Waals surface area contributed by atoms with Crippen molar-refractivity contribution in [1.82, 2.24) is 5.32 Å². The van der Waals surface area contributed by atoms with Crippen molar-refractivity contribution in [3.8, 4) is 5.75 Å². The number of ether oxygens (including phenoxy) is 1. The van der Waals surface area contributed by atoms with Crippen LogP contribution in [0.25, 0.3) is 0 Å². The van der Waals surface area contributed by atoms with Gasteiger partial charge in [-0.05, 0) is 63.1 Å². The third-order valence-corrected chi connectivity index (χ3v) is 5.48. The van der Waals surface area contributed by atoms with Crippen molar-refractivity contribution in [1.29, 1.82) is 0 Å². The van der Waals surface area contributed by atoms with Crippen molar-refractivity contribution in [2.75, 3.05) is 23.7 Å². The molecule has 0 bridgehead atoms. The van der Waals surface area contributed by atoms with Gasteiger partial charge in [-0.2, -0.15) is 0 Å². The van der Waals surface area contributed by atoms with E-state index in [0.29, 0.717) is 12.3 Å². The molecule has 0 aliphatic heterocycles. The van der Waals surface area contributed by atoms with Crippen molar-refractivity contribution in [3.05, 3.63) is 59.2 Å². The summed E-state index contributed by atoms with van der Waals surface area (Å²) in [6, 6.07) is 12.1. The fourth-order valence-electron chi connectivity index (χ4n) is 3.01. The van der Waals surface area contributed by atoms with E-state index in [4.69, 9.17) is 4.74 Å². The van der Waals surface area contributed by atoms with E-state index in [2.05, 4.69) is 11.4 Å². The highest BCUT2D eigenvalue weighted by Gasteiger charge is 2.28. The van der Waals surface area contributed by atoms with Gasteiger partial charge in [-0.25, -0.2) is 8.42 Å². The third kappa shape index (κ3) is 5.99. The molecule has 1 amide bonds. The van der Waals surface area contributed by atoms with E-state index in [1.54, 1.807) is 19.1 Å². The first-order chi connectivity index (χ1) is 13.1. The summed E-state index contributed by atoms with van der Waals surface area (Å²) in [5.41, 5.74) is 3.68. The molecule has 2 aromatic carbocycles. The molecule has 2 aromatic rings. The van der Waals surface area contributed by atoms with Crippen LogP contribution in [0.5, 0.6) is 5.75 Å². The average Bonchev–Trinajstić information content (AvgIpc) is 2.58. The van der Waals surface area contributed by atoms with E-state index >= 15 is 0 Å². The highest BCUT2D eigenvalue weighted by atomic mass is 32.2. The topological polar surface area (TPSA) is 75.7 Å². The van der Waals surface area contributed by atoms with E-state index in [1.807, 2.05) is 45.0 Å². The second-order valence-electron chi connectivity index (χ2n) is 7.03. The maximum atomic E-state index is 12.5. The zero-order chi connectivity index (χ0) is 20.9. The van der Waals surface area contributed by atoms with Gasteiger partial charge in [0, 0.05) is 0 Å². The van der Waals surface area contributed by atoms with Gasteiger partial charge in [0.2, 0.25) is 15.9 Å². The molecule has 0 saturated carbocycles. The molecule has 0 radical (unpaired) electrons. The number of carbonyl (C=O) groups excluding carboxylic acids is 1. The summed E-state index contributed by atoms with van der Waals surface area (Å²) in [4.78, 5) is 12.5. The van der Waals surface area contributed by atoms with Gasteiger partial charge in [0.25, 0.3) is 0 Å². The van der Waals surface area contributed by atoms with Crippen LogP contribution in [0.4, 0.5) is 5.69 Å². The van der Waals surface area contributed by atoms with Gasteiger partial charge >= 0.3 is 0 Å². The largest absolute Gasteiger partial charge is 0.492 e. The molecule has 0 fully saturated rings. The van der Waals surface area contributed by atoms with E-state index in [1.165, 1.54) is 0 Å². The molecule has 0 unspecified atom stereocenters. The van der Waals surface area contributed by atoms with E-state index in [9.17, 15) is 13.2 Å². The van der Waals surface area contributed by atoms with Gasteiger partial charge in [-0.15, -0.1) is 0 Å². The first-order valence-electron chi connectivity index (χ1n) is 9.13. The SMILES string of the molecule is Cc1ccc(N([C@H](C)C(=O)NCCOc2cc(C)cc(C)c2)S(C)(=O)=O)cc1. The number of nitrogens with zero attached hydrogens (tertiary/aromatic N) is 1. The Morgan fingerprint density at radius 2 is 1.61 bits per heavy atom. The molecular formula is C21H28N2O4S. The van der Waals surface area contributed by atoms with E-state index in [0.717, 1.165) is 33.0 Å². The minimum atomic E-state index is -3.62. The molecule has 2 rings (SSSR count). The predicted molar refractivity (Wildman–Crippen MR) is 112 cm³/mol. The van der Waals surface area contributed by atoms with Crippen LogP contribution in [0.15, 0.2) is 42.5 Å². The van der Waals surface area contributed by atoms with Gasteiger partial charge in [0.05, 0.1) is 18.5 Å². The number of hydrogen-bond acceptors (Lipinski definition) is 4. The molecule has 0 heterocycles. The molecule has 152 valence electrons. The Hall–Kier alpha value is -2.54. The molecule has 1 atom stereocenters. The lowest BCUT2D eigenvalue weighted by Gasteiger charge is -2.28. The normalized spacial score (nSPS) is 12.3. The minimum Gasteiger partial charge on any atom is -0.492 e. The molecule has 0 aliphatic rings. The zero-order valence-corrected chi connectivity index (χ0v) is 17.8. The fourth-order valence-corrected chi connectivity index (χ4v) is 4.18. The van der Waals surface area contributed by atoms with Crippen molar-refractivity contribution in [2.24, 2.45) is 0 Å². The summed E-state index contributed by atoms with van der Waals surface area (Å²) >= 11 is 0. The van der Waals surface area contributed by atoms with Gasteiger partial charge < -0.3 is 10.1 Å². The van der Waals surface area contributed by atoms with Crippen LogP contribution in [-0.2, 0) is 14.8 Å². The van der Waals surface area contributed by atoms with Crippen molar-refractivity contribution in [2.45, 2.75) is 33.7 Å². The van der Waals surface area contributed by atoms with Gasteiger partial charge in [0.1, 0.15) is 18.4 Å². The van der Waals surface area contributed by atoms with Gasteiger partial charge in [-0.1, -0.05) is 23.8 Å². The first kappa shape index (κ1) is 21.8. The molecule has 0 aliphatic carbocycles. The highest BCUT2D eigenvalue weighted by Crippen LogP contribution is 2.21. The van der Waals surface area contributed by atoms with Crippen molar-refractivity contribution >= 4 is 21.6 Å². The number of hydrogen-bond donors (Lipinski definition) is 1. The Morgan fingerprint density at radius 1 is 1.04 bits per heavy atom. The molecule has 0 aromatic heterocycles. The summed E-state index contributed by atoms with van der Waals surface area (Å²) in [6.07, 6.45) is 1.10. The Morgan fingerprint density at radius 3 is 2.14 bits per heavy atom. The Labute approximate surface area is 167 Å². The summed E-state index contributed by atoms with van der Waals surface area (Å²) in [5, 5.41) is 2.75. The van der Waals surface area contributed by atoms with Crippen LogP contribution in [-0.4, -0.2) is 39.8 Å². The number of aryl methyl sites for hydroxylation is 3. The van der Waals surface area contributed by atoms with Crippen LogP contribution in [0.1, 0.15) is 23.6 Å². The zero-order valence-electron chi connectivity index (χ0n) is 17.0. The number of rotatable bonds is 8. The lowest BCUT2D eigenvalue weighted by Crippen LogP contribution is -2.48. The number of amides is 1. The van der Waals surface area contributed by atoms with Crippen LogP contribution in [0.3, 0.4) is 0 Å². The van der Waals surface area contributed by atoms with E-state index in [-0.39, 0.29) is 12.5 Å². The number of anilines is 1. The first-order valence-corrected chi connectivity index (χ1v) is 11.0. The average molecular weight is 405 g/mol. The lowest BCUT2D eigenvalue weighted by atomic mass is 10.1. The Balaban J connectivity index is 1.98. The molecule has 0 spiro atoms. The standard InChI is InChI=1S/C21H28N2O4S/c1-15-6-8-19(9-7-15)23(28(5,25)26)18(4)21(24)22-10-11-27-20-13-16(2)12-17(3)14-20/h6-9,12-14,18H,10-11H2,1-5H3,(H,22,24)/t18-/m1/s1. The second-order valence-corrected chi connectivity index (χ2v) is 8.89. The second kappa shape index (κ2) is 9.10. The van der Waals surface area contributed by atoms with Crippen molar-refractivity contribution < 1.29 is 17.9 Å². The lowest BCUT2D eigenvalue weighted by molar-refractivity contribution is -0.121. The number of sulfonamides is 1. The Kier molecular flexibility index (Phi) is 7.07. The monoisotopic (exact) mass is 404 g/mol. The number of nitrogens with one attached hydrogen (secondary N) is 1. The highest BCUT2D eigenvalue weighted by molar-refractivity contribution is 7.92. The molecule has 1 N–H and O–H groups in total. The van der Waals surface area contributed by atoms with Crippen LogP contribution in [0, 0.1) is 20.8 Å². The molecule has 0 saturated heterocycles. The van der Waals surface area contributed by atoms with Crippen LogP contribution in [0.2, 0.25) is 0 Å². The fraction of sp³-hybridized carbons (Fsp3) is 0.381. The van der Waals surface area contributed by atoms with Gasteiger partial charge in [0.15, 0.2) is 0 Å². The third-order valence-electron chi connectivity index (χ3n) is 4.24. The predicted octanol–water partition coefficient (Wildman–Crippen LogP) is 2.96. The molecule has 28 heavy (non-hydrogen) atoms. The quantitative estimate of drug-likeness (QED) is 0.687. The van der Waals surface area contributed by atoms with Gasteiger partial charge in [-0.3, -0.25) is 9.10 Å². The summed E-state index contributed by atoms with van der Waals surface area (Å²) in [6.45, 7) is 8.05. The molecule has 6 nitrogen and oxygen atoms in total.